The summed E-state index contributed by atoms with van der Waals surface area (Å²) in [5.41, 5.74) is 3.65. The summed E-state index contributed by atoms with van der Waals surface area (Å²) in [5.74, 6) is 0. The summed E-state index contributed by atoms with van der Waals surface area (Å²) in [6.07, 6.45) is 0. The third-order valence-electron chi connectivity index (χ3n) is 3.30. The smallest absolute Gasteiger partial charge is 0.269 e. The zero-order valence-corrected chi connectivity index (χ0v) is 11.7. The van der Waals surface area contributed by atoms with Crippen molar-refractivity contribution in [1.82, 2.24) is 5.32 Å². The largest absolute Gasteiger partial charge is 0.306 e. The van der Waals surface area contributed by atoms with Gasteiger partial charge in [-0.25, -0.2) is 0 Å². The Labute approximate surface area is 118 Å². The zero-order chi connectivity index (χ0) is 14.5. The predicted molar refractivity (Wildman–Crippen MR) is 79.5 cm³/mol. The number of nitro benzene ring substituents is 1. The number of benzene rings is 2. The standard InChI is InChI=1S/C16H18N2O2/c1-12-4-3-5-14(10-12)11-17-13(2)15-6-8-16(9-7-15)18(19)20/h3-10,13,17H,11H2,1-2H3. The highest BCUT2D eigenvalue weighted by molar-refractivity contribution is 5.34. The van der Waals surface area contributed by atoms with Crippen LogP contribution in [0.4, 0.5) is 5.69 Å². The molecule has 2 rings (SSSR count). The lowest BCUT2D eigenvalue weighted by Crippen LogP contribution is -2.18. The molecule has 1 N–H and O–H groups in total. The lowest BCUT2D eigenvalue weighted by atomic mass is 10.1. The highest BCUT2D eigenvalue weighted by Crippen LogP contribution is 2.18. The van der Waals surface area contributed by atoms with Gasteiger partial charge >= 0.3 is 0 Å². The first-order valence-corrected chi connectivity index (χ1v) is 6.59. The number of rotatable bonds is 5. The molecule has 0 saturated carbocycles. The molecule has 2 aromatic carbocycles. The van der Waals surface area contributed by atoms with Crippen LogP contribution in [0.5, 0.6) is 0 Å². The van der Waals surface area contributed by atoms with Crippen molar-refractivity contribution in [2.45, 2.75) is 26.4 Å². The van der Waals surface area contributed by atoms with Gasteiger partial charge in [-0.2, -0.15) is 0 Å². The second kappa shape index (κ2) is 6.30. The molecule has 0 radical (unpaired) electrons. The Morgan fingerprint density at radius 1 is 1.20 bits per heavy atom. The highest BCUT2D eigenvalue weighted by atomic mass is 16.6. The van der Waals surface area contributed by atoms with E-state index in [0.717, 1.165) is 12.1 Å². The minimum absolute atomic E-state index is 0.125. The van der Waals surface area contributed by atoms with Gasteiger partial charge in [0, 0.05) is 24.7 Å². The Morgan fingerprint density at radius 3 is 2.50 bits per heavy atom. The van der Waals surface area contributed by atoms with Gasteiger partial charge in [0.1, 0.15) is 0 Å². The number of nitrogens with one attached hydrogen (secondary N) is 1. The van der Waals surface area contributed by atoms with E-state index < -0.39 is 0 Å². The van der Waals surface area contributed by atoms with Crippen molar-refractivity contribution < 1.29 is 4.92 Å². The Morgan fingerprint density at radius 2 is 1.90 bits per heavy atom. The van der Waals surface area contributed by atoms with Gasteiger partial charge in [-0.3, -0.25) is 10.1 Å². The van der Waals surface area contributed by atoms with Crippen molar-refractivity contribution in [2.75, 3.05) is 0 Å². The maximum absolute atomic E-state index is 10.6. The number of hydrogen-bond acceptors (Lipinski definition) is 3. The third kappa shape index (κ3) is 3.65. The number of non-ortho nitro benzene ring substituents is 1. The van der Waals surface area contributed by atoms with E-state index in [1.54, 1.807) is 24.3 Å². The van der Waals surface area contributed by atoms with Crippen LogP contribution in [0.15, 0.2) is 48.5 Å². The van der Waals surface area contributed by atoms with Crippen molar-refractivity contribution in [1.29, 1.82) is 0 Å². The molecule has 4 heteroatoms. The van der Waals surface area contributed by atoms with Crippen LogP contribution in [-0.2, 0) is 6.54 Å². The van der Waals surface area contributed by atoms with E-state index >= 15 is 0 Å². The molecule has 1 unspecified atom stereocenters. The van der Waals surface area contributed by atoms with Gasteiger partial charge in [0.15, 0.2) is 0 Å². The van der Waals surface area contributed by atoms with Crippen LogP contribution in [0, 0.1) is 17.0 Å². The highest BCUT2D eigenvalue weighted by Gasteiger charge is 2.08. The second-order valence-electron chi connectivity index (χ2n) is 4.94. The molecule has 0 aliphatic heterocycles. The quantitative estimate of drug-likeness (QED) is 0.665. The summed E-state index contributed by atoms with van der Waals surface area (Å²) in [5, 5.41) is 14.0. The van der Waals surface area contributed by atoms with E-state index in [9.17, 15) is 10.1 Å². The van der Waals surface area contributed by atoms with Crippen LogP contribution in [0.3, 0.4) is 0 Å². The molecule has 20 heavy (non-hydrogen) atoms. The molecule has 0 fully saturated rings. The molecule has 0 aliphatic carbocycles. The van der Waals surface area contributed by atoms with Crippen LogP contribution in [0.1, 0.15) is 29.7 Å². The van der Waals surface area contributed by atoms with Gasteiger partial charge in [0.05, 0.1) is 4.92 Å². The summed E-state index contributed by atoms with van der Waals surface area (Å²) >= 11 is 0. The summed E-state index contributed by atoms with van der Waals surface area (Å²) in [6.45, 7) is 4.90. The third-order valence-corrected chi connectivity index (χ3v) is 3.30. The van der Waals surface area contributed by atoms with E-state index in [4.69, 9.17) is 0 Å². The SMILES string of the molecule is Cc1cccc(CNC(C)c2ccc([N+](=O)[O-])cc2)c1. The van der Waals surface area contributed by atoms with E-state index in [-0.39, 0.29) is 16.7 Å². The van der Waals surface area contributed by atoms with Gasteiger partial charge in [-0.15, -0.1) is 0 Å². The van der Waals surface area contributed by atoms with E-state index in [2.05, 4.69) is 37.4 Å². The molecular weight excluding hydrogens is 252 g/mol. The van der Waals surface area contributed by atoms with Crippen LogP contribution in [-0.4, -0.2) is 4.92 Å². The molecular formula is C16H18N2O2. The van der Waals surface area contributed by atoms with Crippen molar-refractivity contribution >= 4 is 5.69 Å². The van der Waals surface area contributed by atoms with Crippen molar-refractivity contribution in [3.8, 4) is 0 Å². The molecule has 0 bridgehead atoms. The summed E-state index contributed by atoms with van der Waals surface area (Å²) < 4.78 is 0. The van der Waals surface area contributed by atoms with E-state index in [1.165, 1.54) is 11.1 Å². The van der Waals surface area contributed by atoms with Gasteiger partial charge in [-0.1, -0.05) is 42.0 Å². The minimum Gasteiger partial charge on any atom is -0.306 e. The first kappa shape index (κ1) is 14.2. The molecule has 104 valence electrons. The van der Waals surface area contributed by atoms with E-state index in [0.29, 0.717) is 0 Å². The Hall–Kier alpha value is -2.20. The average Bonchev–Trinajstić information content (AvgIpc) is 2.45. The molecule has 1 atom stereocenters. The number of nitrogens with zero attached hydrogens (tertiary/aromatic N) is 1. The zero-order valence-electron chi connectivity index (χ0n) is 11.7. The monoisotopic (exact) mass is 270 g/mol. The predicted octanol–water partition coefficient (Wildman–Crippen LogP) is 3.75. The molecule has 0 heterocycles. The van der Waals surface area contributed by atoms with Gasteiger partial charge < -0.3 is 5.32 Å². The maximum Gasteiger partial charge on any atom is 0.269 e. The molecule has 0 aliphatic rings. The minimum atomic E-state index is -0.380. The molecule has 4 nitrogen and oxygen atoms in total. The van der Waals surface area contributed by atoms with Crippen molar-refractivity contribution in [3.63, 3.8) is 0 Å². The number of aryl methyl sites for hydroxylation is 1. The van der Waals surface area contributed by atoms with Gasteiger partial charge in [-0.05, 0) is 25.0 Å². The summed E-state index contributed by atoms with van der Waals surface area (Å²) in [6, 6.07) is 15.2. The fraction of sp³-hybridized carbons (Fsp3) is 0.250. The Bertz CT molecular complexity index is 594. The van der Waals surface area contributed by atoms with Gasteiger partial charge in [0.2, 0.25) is 0 Å². The van der Waals surface area contributed by atoms with Crippen LogP contribution in [0.25, 0.3) is 0 Å². The lowest BCUT2D eigenvalue weighted by molar-refractivity contribution is -0.384. The molecule has 0 saturated heterocycles. The Balaban J connectivity index is 1.97. The fourth-order valence-corrected chi connectivity index (χ4v) is 2.10. The average molecular weight is 270 g/mol. The van der Waals surface area contributed by atoms with Crippen molar-refractivity contribution in [3.05, 3.63) is 75.3 Å². The summed E-state index contributed by atoms with van der Waals surface area (Å²) in [4.78, 5) is 10.2. The van der Waals surface area contributed by atoms with E-state index in [1.807, 2.05) is 6.07 Å². The van der Waals surface area contributed by atoms with Crippen LogP contribution >= 0.6 is 0 Å². The lowest BCUT2D eigenvalue weighted by Gasteiger charge is -2.14. The van der Waals surface area contributed by atoms with Crippen LogP contribution < -0.4 is 5.32 Å². The van der Waals surface area contributed by atoms with Gasteiger partial charge in [0.25, 0.3) is 5.69 Å². The molecule has 0 amide bonds. The topological polar surface area (TPSA) is 55.2 Å². The summed E-state index contributed by atoms with van der Waals surface area (Å²) in [7, 11) is 0. The maximum atomic E-state index is 10.6. The number of hydrogen-bond donors (Lipinski definition) is 1. The normalized spacial score (nSPS) is 12.1. The Kier molecular flexibility index (Phi) is 4.48. The number of nitro groups is 1. The molecule has 0 aromatic heterocycles. The van der Waals surface area contributed by atoms with Crippen molar-refractivity contribution in [2.24, 2.45) is 0 Å². The fourth-order valence-electron chi connectivity index (χ4n) is 2.10. The second-order valence-corrected chi connectivity index (χ2v) is 4.94. The van der Waals surface area contributed by atoms with Crippen LogP contribution in [0.2, 0.25) is 0 Å². The first-order chi connectivity index (χ1) is 9.56. The first-order valence-electron chi connectivity index (χ1n) is 6.59. The molecule has 0 spiro atoms. The molecule has 2 aromatic rings.